The Morgan fingerprint density at radius 3 is 2.70 bits per heavy atom. The molecule has 4 aliphatic carbocycles. The first-order valence-corrected chi connectivity index (χ1v) is 11.7. The molecule has 4 unspecified atom stereocenters. The minimum Gasteiger partial charge on any atom is -0.393 e. The molecule has 3 N–H and O–H groups in total. The largest absolute Gasteiger partial charge is 0.393 e. The summed E-state index contributed by atoms with van der Waals surface area (Å²) in [6.07, 6.45) is 12.6. The minimum absolute atomic E-state index is 0.0878. The van der Waals surface area contributed by atoms with Gasteiger partial charge in [0.05, 0.1) is 6.10 Å². The average molecular weight is 375 g/mol. The van der Waals surface area contributed by atoms with Gasteiger partial charge in [0.1, 0.15) is 0 Å². The van der Waals surface area contributed by atoms with Crippen molar-refractivity contribution in [1.29, 1.82) is 0 Å². The van der Waals surface area contributed by atoms with Crippen LogP contribution in [-0.4, -0.2) is 37.4 Å². The molecule has 3 saturated carbocycles. The SMILES string of the molecule is CNCCN[C@@H](C)[C@H]1CCC2C3CC=C4CC(O)CC[C@]4(C)C3CC[C@@]21C. The molecule has 8 atom stereocenters. The highest BCUT2D eigenvalue weighted by atomic mass is 16.3. The van der Waals surface area contributed by atoms with Crippen LogP contribution in [0.3, 0.4) is 0 Å². The molecular weight excluding hydrogens is 332 g/mol. The summed E-state index contributed by atoms with van der Waals surface area (Å²) in [5.74, 6) is 3.46. The summed E-state index contributed by atoms with van der Waals surface area (Å²) in [5, 5.41) is 17.3. The number of fused-ring (bicyclic) bond motifs is 5. The number of aliphatic hydroxyl groups excluding tert-OH is 1. The highest BCUT2D eigenvalue weighted by Crippen LogP contribution is 2.66. The summed E-state index contributed by atoms with van der Waals surface area (Å²) in [6.45, 7) is 9.74. The first kappa shape index (κ1) is 19.9. The molecule has 0 amide bonds. The zero-order valence-corrected chi connectivity index (χ0v) is 18.1. The van der Waals surface area contributed by atoms with Crippen LogP contribution in [0.5, 0.6) is 0 Å². The highest BCUT2D eigenvalue weighted by Gasteiger charge is 2.59. The molecule has 3 fully saturated rings. The van der Waals surface area contributed by atoms with Gasteiger partial charge in [-0.05, 0) is 99.8 Å². The van der Waals surface area contributed by atoms with E-state index in [1.165, 1.54) is 38.5 Å². The van der Waals surface area contributed by atoms with Gasteiger partial charge in [0.15, 0.2) is 0 Å². The molecule has 0 saturated heterocycles. The topological polar surface area (TPSA) is 44.3 Å². The van der Waals surface area contributed by atoms with Crippen molar-refractivity contribution < 1.29 is 5.11 Å². The van der Waals surface area contributed by atoms with Crippen molar-refractivity contribution in [3.05, 3.63) is 11.6 Å². The van der Waals surface area contributed by atoms with E-state index in [2.05, 4.69) is 37.5 Å². The predicted octanol–water partition coefficient (Wildman–Crippen LogP) is 4.12. The third-order valence-electron chi connectivity index (χ3n) is 9.60. The molecule has 3 heteroatoms. The molecule has 154 valence electrons. The second-order valence-electron chi connectivity index (χ2n) is 10.7. The second kappa shape index (κ2) is 7.46. The number of rotatable bonds is 5. The summed E-state index contributed by atoms with van der Waals surface area (Å²) < 4.78 is 0. The van der Waals surface area contributed by atoms with Crippen molar-refractivity contribution in [3.63, 3.8) is 0 Å². The summed E-state index contributed by atoms with van der Waals surface area (Å²) in [4.78, 5) is 0. The fourth-order valence-electron chi connectivity index (χ4n) is 8.07. The van der Waals surface area contributed by atoms with Gasteiger partial charge in [0, 0.05) is 19.1 Å². The Bertz CT molecular complexity index is 575. The summed E-state index contributed by atoms with van der Waals surface area (Å²) in [6, 6.07) is 0.625. The summed E-state index contributed by atoms with van der Waals surface area (Å²) in [5.41, 5.74) is 2.49. The van der Waals surface area contributed by atoms with E-state index < -0.39 is 0 Å². The van der Waals surface area contributed by atoms with E-state index in [4.69, 9.17) is 0 Å². The van der Waals surface area contributed by atoms with Gasteiger partial charge in [0.25, 0.3) is 0 Å². The Balaban J connectivity index is 1.52. The zero-order chi connectivity index (χ0) is 19.2. The Hall–Kier alpha value is -0.380. The molecule has 0 spiro atoms. The molecule has 0 aromatic carbocycles. The number of aliphatic hydroxyl groups is 1. The van der Waals surface area contributed by atoms with Crippen LogP contribution in [0.4, 0.5) is 0 Å². The van der Waals surface area contributed by atoms with Gasteiger partial charge in [-0.2, -0.15) is 0 Å². The Kier molecular flexibility index (Phi) is 5.50. The number of likely N-dealkylation sites (N-methyl/N-ethyl adjacent to an activating group) is 1. The van der Waals surface area contributed by atoms with E-state index in [0.717, 1.165) is 49.6 Å². The minimum atomic E-state index is -0.0878. The van der Waals surface area contributed by atoms with E-state index in [1.54, 1.807) is 5.57 Å². The van der Waals surface area contributed by atoms with Crippen LogP contribution < -0.4 is 10.6 Å². The first-order valence-electron chi connectivity index (χ1n) is 11.7. The highest BCUT2D eigenvalue weighted by molar-refractivity contribution is 5.25. The molecule has 3 nitrogen and oxygen atoms in total. The second-order valence-corrected chi connectivity index (χ2v) is 10.7. The molecule has 0 radical (unpaired) electrons. The molecular formula is C24H42N2O. The lowest BCUT2D eigenvalue weighted by molar-refractivity contribution is -0.0535. The smallest absolute Gasteiger partial charge is 0.0577 e. The molecule has 0 aromatic rings. The van der Waals surface area contributed by atoms with Gasteiger partial charge in [0.2, 0.25) is 0 Å². The van der Waals surface area contributed by atoms with Crippen molar-refractivity contribution in [2.45, 2.75) is 84.3 Å². The molecule has 0 aliphatic heterocycles. The van der Waals surface area contributed by atoms with Gasteiger partial charge in [-0.25, -0.2) is 0 Å². The lowest BCUT2D eigenvalue weighted by Gasteiger charge is -2.58. The van der Waals surface area contributed by atoms with Crippen LogP contribution in [0.2, 0.25) is 0 Å². The number of nitrogens with one attached hydrogen (secondary N) is 2. The normalized spacial score (nSPS) is 47.6. The Labute approximate surface area is 166 Å². The fourth-order valence-corrected chi connectivity index (χ4v) is 8.07. The van der Waals surface area contributed by atoms with E-state index >= 15 is 0 Å². The van der Waals surface area contributed by atoms with Gasteiger partial charge in [-0.1, -0.05) is 25.5 Å². The number of allylic oxidation sites excluding steroid dienone is 1. The van der Waals surface area contributed by atoms with Crippen molar-refractivity contribution in [1.82, 2.24) is 10.6 Å². The molecule has 0 aromatic heterocycles. The lowest BCUT2D eigenvalue weighted by atomic mass is 9.47. The van der Waals surface area contributed by atoms with Crippen LogP contribution in [0.25, 0.3) is 0 Å². The third-order valence-corrected chi connectivity index (χ3v) is 9.60. The van der Waals surface area contributed by atoms with E-state index in [1.807, 2.05) is 7.05 Å². The maximum Gasteiger partial charge on any atom is 0.0577 e. The molecule has 0 bridgehead atoms. The van der Waals surface area contributed by atoms with E-state index in [-0.39, 0.29) is 6.10 Å². The predicted molar refractivity (Wildman–Crippen MR) is 113 cm³/mol. The van der Waals surface area contributed by atoms with E-state index in [0.29, 0.717) is 16.9 Å². The summed E-state index contributed by atoms with van der Waals surface area (Å²) >= 11 is 0. The van der Waals surface area contributed by atoms with Crippen LogP contribution in [0, 0.1) is 34.5 Å². The van der Waals surface area contributed by atoms with Gasteiger partial charge >= 0.3 is 0 Å². The van der Waals surface area contributed by atoms with Crippen LogP contribution in [0.15, 0.2) is 11.6 Å². The van der Waals surface area contributed by atoms with Crippen LogP contribution in [-0.2, 0) is 0 Å². The van der Waals surface area contributed by atoms with Crippen molar-refractivity contribution in [2.24, 2.45) is 34.5 Å². The van der Waals surface area contributed by atoms with Crippen molar-refractivity contribution in [2.75, 3.05) is 20.1 Å². The zero-order valence-electron chi connectivity index (χ0n) is 18.1. The van der Waals surface area contributed by atoms with Crippen LogP contribution in [0.1, 0.15) is 72.1 Å². The van der Waals surface area contributed by atoms with Crippen molar-refractivity contribution >= 4 is 0 Å². The third kappa shape index (κ3) is 3.22. The average Bonchev–Trinajstić information content (AvgIpc) is 3.00. The fraction of sp³-hybridized carbons (Fsp3) is 0.917. The molecule has 0 heterocycles. The summed E-state index contributed by atoms with van der Waals surface area (Å²) in [7, 11) is 2.04. The van der Waals surface area contributed by atoms with Gasteiger partial charge in [-0.15, -0.1) is 0 Å². The molecule has 4 rings (SSSR count). The Morgan fingerprint density at radius 1 is 1.11 bits per heavy atom. The molecule has 27 heavy (non-hydrogen) atoms. The van der Waals surface area contributed by atoms with Gasteiger partial charge in [-0.3, -0.25) is 0 Å². The standard InChI is InChI=1S/C24H42N2O/c1-16(26-14-13-25-4)20-7-8-21-19-6-5-17-15-18(27)9-11-23(17,2)22(19)10-12-24(20,21)3/h5,16,18-22,25-27H,6-15H2,1-4H3/t16-,18?,19?,20+,21?,22?,23-,24+/m0/s1. The first-order chi connectivity index (χ1) is 12.9. The van der Waals surface area contributed by atoms with Crippen molar-refractivity contribution in [3.8, 4) is 0 Å². The lowest BCUT2D eigenvalue weighted by Crippen LogP contribution is -2.52. The maximum atomic E-state index is 10.2. The Morgan fingerprint density at radius 2 is 1.93 bits per heavy atom. The van der Waals surface area contributed by atoms with Gasteiger partial charge < -0.3 is 15.7 Å². The monoisotopic (exact) mass is 374 g/mol. The molecule has 4 aliphatic rings. The van der Waals surface area contributed by atoms with E-state index in [9.17, 15) is 5.11 Å². The quantitative estimate of drug-likeness (QED) is 0.501. The van der Waals surface area contributed by atoms with Crippen LogP contribution >= 0.6 is 0 Å². The maximum absolute atomic E-state index is 10.2. The number of hydrogen-bond acceptors (Lipinski definition) is 3. The number of hydrogen-bond donors (Lipinski definition) is 3.